The van der Waals surface area contributed by atoms with Crippen molar-refractivity contribution >= 4 is 16.6 Å². The fourth-order valence-corrected chi connectivity index (χ4v) is 4.51. The van der Waals surface area contributed by atoms with Crippen LogP contribution in [0.4, 0.5) is 5.69 Å². The third-order valence-electron chi connectivity index (χ3n) is 5.72. The SMILES string of the molecule is CCNc1c2c(nc3ccc(C4CCCCC4)cc13)CCCC2. The van der Waals surface area contributed by atoms with Gasteiger partial charge >= 0.3 is 0 Å². The van der Waals surface area contributed by atoms with E-state index in [-0.39, 0.29) is 0 Å². The highest BCUT2D eigenvalue weighted by atomic mass is 14.9. The minimum Gasteiger partial charge on any atom is -0.384 e. The number of anilines is 1. The first-order chi connectivity index (χ1) is 11.4. The monoisotopic (exact) mass is 308 g/mol. The largest absolute Gasteiger partial charge is 0.384 e. The molecule has 2 aromatic rings. The molecule has 1 aromatic carbocycles. The van der Waals surface area contributed by atoms with E-state index in [0.717, 1.165) is 18.9 Å². The number of nitrogens with zero attached hydrogens (tertiary/aromatic N) is 1. The smallest absolute Gasteiger partial charge is 0.0726 e. The van der Waals surface area contributed by atoms with Crippen LogP contribution in [0.15, 0.2) is 18.2 Å². The summed E-state index contributed by atoms with van der Waals surface area (Å²) in [5.74, 6) is 0.763. The van der Waals surface area contributed by atoms with Crippen molar-refractivity contribution in [3.63, 3.8) is 0 Å². The third kappa shape index (κ3) is 2.84. The molecule has 4 rings (SSSR count). The highest BCUT2D eigenvalue weighted by Gasteiger charge is 2.20. The van der Waals surface area contributed by atoms with E-state index in [1.54, 1.807) is 0 Å². The Morgan fingerprint density at radius 2 is 1.87 bits per heavy atom. The Hall–Kier alpha value is -1.57. The molecule has 1 saturated carbocycles. The fourth-order valence-electron chi connectivity index (χ4n) is 4.51. The molecule has 2 heteroatoms. The summed E-state index contributed by atoms with van der Waals surface area (Å²) in [5, 5.41) is 5.03. The number of nitrogens with one attached hydrogen (secondary N) is 1. The second-order valence-electron chi connectivity index (χ2n) is 7.26. The molecule has 0 saturated heterocycles. The van der Waals surface area contributed by atoms with E-state index in [1.807, 2.05) is 0 Å². The van der Waals surface area contributed by atoms with Crippen molar-refractivity contribution in [2.24, 2.45) is 0 Å². The molecular formula is C21H28N2. The van der Waals surface area contributed by atoms with Crippen molar-refractivity contribution in [3.05, 3.63) is 35.0 Å². The molecule has 1 aromatic heterocycles. The van der Waals surface area contributed by atoms with Crippen molar-refractivity contribution in [3.8, 4) is 0 Å². The Morgan fingerprint density at radius 3 is 2.70 bits per heavy atom. The van der Waals surface area contributed by atoms with Gasteiger partial charge in [0.05, 0.1) is 5.52 Å². The van der Waals surface area contributed by atoms with Gasteiger partial charge in [-0.1, -0.05) is 25.3 Å². The van der Waals surface area contributed by atoms with Crippen LogP contribution in [-0.2, 0) is 12.8 Å². The number of pyridine rings is 1. The van der Waals surface area contributed by atoms with Gasteiger partial charge in [0, 0.05) is 23.3 Å². The highest BCUT2D eigenvalue weighted by molar-refractivity contribution is 5.94. The lowest BCUT2D eigenvalue weighted by Gasteiger charge is -2.24. The number of aryl methyl sites for hydroxylation is 1. The number of aromatic nitrogens is 1. The molecule has 2 aliphatic carbocycles. The van der Waals surface area contributed by atoms with E-state index in [0.29, 0.717) is 0 Å². The summed E-state index contributed by atoms with van der Waals surface area (Å²) in [6, 6.07) is 7.07. The van der Waals surface area contributed by atoms with E-state index in [9.17, 15) is 0 Å². The lowest BCUT2D eigenvalue weighted by molar-refractivity contribution is 0.444. The first-order valence-corrected chi connectivity index (χ1v) is 9.56. The van der Waals surface area contributed by atoms with Gasteiger partial charge in [0.15, 0.2) is 0 Å². The van der Waals surface area contributed by atoms with Crippen LogP contribution in [-0.4, -0.2) is 11.5 Å². The molecule has 2 nitrogen and oxygen atoms in total. The molecule has 0 bridgehead atoms. The molecule has 122 valence electrons. The van der Waals surface area contributed by atoms with Crippen molar-refractivity contribution in [1.29, 1.82) is 0 Å². The summed E-state index contributed by atoms with van der Waals surface area (Å²) < 4.78 is 0. The summed E-state index contributed by atoms with van der Waals surface area (Å²) in [6.07, 6.45) is 11.9. The number of hydrogen-bond acceptors (Lipinski definition) is 2. The molecule has 0 unspecified atom stereocenters. The predicted octanol–water partition coefficient (Wildman–Crippen LogP) is 5.59. The third-order valence-corrected chi connectivity index (χ3v) is 5.72. The van der Waals surface area contributed by atoms with Gasteiger partial charge < -0.3 is 5.32 Å². The fraction of sp³-hybridized carbons (Fsp3) is 0.571. The normalized spacial score (nSPS) is 18.8. The second-order valence-corrected chi connectivity index (χ2v) is 7.26. The van der Waals surface area contributed by atoms with E-state index in [1.165, 1.54) is 84.8 Å². The van der Waals surface area contributed by atoms with Gasteiger partial charge in [-0.3, -0.25) is 4.98 Å². The molecular weight excluding hydrogens is 280 g/mol. The van der Waals surface area contributed by atoms with Gasteiger partial charge in [-0.15, -0.1) is 0 Å². The van der Waals surface area contributed by atoms with Gasteiger partial charge in [0.2, 0.25) is 0 Å². The lowest BCUT2D eigenvalue weighted by Crippen LogP contribution is -2.12. The van der Waals surface area contributed by atoms with Gasteiger partial charge in [-0.05, 0) is 74.6 Å². The van der Waals surface area contributed by atoms with Crippen LogP contribution in [0.1, 0.15) is 74.6 Å². The van der Waals surface area contributed by atoms with Crippen LogP contribution in [0.5, 0.6) is 0 Å². The summed E-state index contributed by atoms with van der Waals surface area (Å²) in [7, 11) is 0. The van der Waals surface area contributed by atoms with E-state index >= 15 is 0 Å². The van der Waals surface area contributed by atoms with Gasteiger partial charge in [-0.2, -0.15) is 0 Å². The Labute approximate surface area is 139 Å². The molecule has 0 spiro atoms. The van der Waals surface area contributed by atoms with Gasteiger partial charge in [0.25, 0.3) is 0 Å². The zero-order valence-corrected chi connectivity index (χ0v) is 14.3. The average molecular weight is 308 g/mol. The first kappa shape index (κ1) is 15.0. The minimum absolute atomic E-state index is 0.763. The van der Waals surface area contributed by atoms with E-state index < -0.39 is 0 Å². The van der Waals surface area contributed by atoms with Crippen LogP contribution < -0.4 is 5.32 Å². The first-order valence-electron chi connectivity index (χ1n) is 9.56. The molecule has 0 atom stereocenters. The molecule has 23 heavy (non-hydrogen) atoms. The van der Waals surface area contributed by atoms with Crippen molar-refractivity contribution in [2.45, 2.75) is 70.6 Å². The average Bonchev–Trinajstić information content (AvgIpc) is 2.62. The Balaban J connectivity index is 1.83. The molecule has 0 radical (unpaired) electrons. The zero-order chi connectivity index (χ0) is 15.6. The maximum Gasteiger partial charge on any atom is 0.0726 e. The van der Waals surface area contributed by atoms with Gasteiger partial charge in [-0.25, -0.2) is 0 Å². The van der Waals surface area contributed by atoms with Crippen LogP contribution in [0.3, 0.4) is 0 Å². The van der Waals surface area contributed by atoms with Crippen LogP contribution in [0, 0.1) is 0 Å². The number of fused-ring (bicyclic) bond motifs is 2. The Bertz CT molecular complexity index is 699. The Morgan fingerprint density at radius 1 is 1.04 bits per heavy atom. The number of rotatable bonds is 3. The van der Waals surface area contributed by atoms with Crippen molar-refractivity contribution in [1.82, 2.24) is 4.98 Å². The predicted molar refractivity (Wildman–Crippen MR) is 98.4 cm³/mol. The van der Waals surface area contributed by atoms with E-state index in [2.05, 4.69) is 30.4 Å². The Kier molecular flexibility index (Phi) is 4.24. The summed E-state index contributed by atoms with van der Waals surface area (Å²) in [4.78, 5) is 5.00. The molecule has 1 heterocycles. The topological polar surface area (TPSA) is 24.9 Å². The molecule has 2 aliphatic rings. The quantitative estimate of drug-likeness (QED) is 0.799. The summed E-state index contributed by atoms with van der Waals surface area (Å²) in [6.45, 7) is 3.19. The summed E-state index contributed by atoms with van der Waals surface area (Å²) >= 11 is 0. The van der Waals surface area contributed by atoms with Crippen molar-refractivity contribution < 1.29 is 0 Å². The standard InChI is InChI=1S/C21H28N2/c1-2-22-21-17-10-6-7-11-19(17)23-20-13-12-16(14-18(20)21)15-8-4-3-5-9-15/h12-15H,2-11H2,1H3,(H,22,23). The maximum atomic E-state index is 5.00. The molecule has 1 fully saturated rings. The van der Waals surface area contributed by atoms with Crippen molar-refractivity contribution in [2.75, 3.05) is 11.9 Å². The lowest BCUT2D eigenvalue weighted by atomic mass is 9.83. The number of hydrogen-bond donors (Lipinski definition) is 1. The summed E-state index contributed by atoms with van der Waals surface area (Å²) in [5.41, 5.74) is 6.93. The maximum absolute atomic E-state index is 5.00. The number of benzene rings is 1. The zero-order valence-electron chi connectivity index (χ0n) is 14.3. The molecule has 0 aliphatic heterocycles. The minimum atomic E-state index is 0.763. The highest BCUT2D eigenvalue weighted by Crippen LogP contribution is 2.37. The molecule has 1 N–H and O–H groups in total. The van der Waals surface area contributed by atoms with Crippen LogP contribution in [0.25, 0.3) is 10.9 Å². The van der Waals surface area contributed by atoms with E-state index in [4.69, 9.17) is 4.98 Å². The van der Waals surface area contributed by atoms with Crippen LogP contribution in [0.2, 0.25) is 0 Å². The second kappa shape index (κ2) is 6.51. The van der Waals surface area contributed by atoms with Gasteiger partial charge in [0.1, 0.15) is 0 Å². The van der Waals surface area contributed by atoms with Crippen LogP contribution >= 0.6 is 0 Å². The molecule has 0 amide bonds.